The van der Waals surface area contributed by atoms with E-state index in [0.717, 1.165) is 44.8 Å². The molecule has 0 aliphatic carbocycles. The summed E-state index contributed by atoms with van der Waals surface area (Å²) in [5.74, 6) is 0.835. The molecule has 1 N–H and O–H groups in total. The van der Waals surface area contributed by atoms with E-state index in [9.17, 15) is 9.59 Å². The van der Waals surface area contributed by atoms with Gasteiger partial charge in [-0.1, -0.05) is 0 Å². The minimum Gasteiger partial charge on any atom is -0.341 e. The SMILES string of the molecule is CC(=O)N1CCCN(C(=O)NC2CCN(c3ncccn3)CC2)CC1. The summed E-state index contributed by atoms with van der Waals surface area (Å²) in [6.45, 7) is 5.91. The van der Waals surface area contributed by atoms with Crippen LogP contribution in [-0.4, -0.2) is 77.0 Å². The fourth-order valence-electron chi connectivity index (χ4n) is 3.38. The van der Waals surface area contributed by atoms with Crippen LogP contribution < -0.4 is 10.2 Å². The van der Waals surface area contributed by atoms with Gasteiger partial charge in [-0.25, -0.2) is 14.8 Å². The summed E-state index contributed by atoms with van der Waals surface area (Å²) < 4.78 is 0. The van der Waals surface area contributed by atoms with Gasteiger partial charge in [0.25, 0.3) is 0 Å². The van der Waals surface area contributed by atoms with Gasteiger partial charge in [-0.05, 0) is 25.3 Å². The average Bonchev–Trinajstić information content (AvgIpc) is 2.89. The van der Waals surface area contributed by atoms with Crippen LogP contribution in [0.3, 0.4) is 0 Å². The molecule has 8 nitrogen and oxygen atoms in total. The van der Waals surface area contributed by atoms with Gasteiger partial charge in [0.2, 0.25) is 11.9 Å². The Morgan fingerprint density at radius 1 is 1.00 bits per heavy atom. The first-order valence-electron chi connectivity index (χ1n) is 8.96. The van der Waals surface area contributed by atoms with Crippen LogP contribution in [0.1, 0.15) is 26.2 Å². The van der Waals surface area contributed by atoms with Gasteiger partial charge in [-0.3, -0.25) is 4.79 Å². The predicted octanol–water partition coefficient (Wildman–Crippen LogP) is 0.709. The van der Waals surface area contributed by atoms with Gasteiger partial charge in [0.15, 0.2) is 0 Å². The Hall–Kier alpha value is -2.38. The number of carbonyl (C=O) groups excluding carboxylic acids is 2. The molecule has 2 fully saturated rings. The third kappa shape index (κ3) is 4.58. The summed E-state index contributed by atoms with van der Waals surface area (Å²) >= 11 is 0. The highest BCUT2D eigenvalue weighted by atomic mass is 16.2. The Morgan fingerprint density at radius 3 is 2.32 bits per heavy atom. The molecule has 0 atom stereocenters. The molecule has 0 unspecified atom stereocenters. The van der Waals surface area contributed by atoms with Gasteiger partial charge in [-0.15, -0.1) is 0 Å². The summed E-state index contributed by atoms with van der Waals surface area (Å²) in [4.78, 5) is 38.4. The van der Waals surface area contributed by atoms with Gasteiger partial charge in [0, 0.05) is 64.6 Å². The van der Waals surface area contributed by atoms with E-state index in [4.69, 9.17) is 0 Å². The maximum Gasteiger partial charge on any atom is 0.317 e. The number of amides is 3. The molecular formula is C17H26N6O2. The number of piperidine rings is 1. The van der Waals surface area contributed by atoms with Gasteiger partial charge >= 0.3 is 6.03 Å². The van der Waals surface area contributed by atoms with E-state index in [-0.39, 0.29) is 18.0 Å². The van der Waals surface area contributed by atoms with Crippen molar-refractivity contribution in [3.8, 4) is 0 Å². The molecule has 1 aromatic heterocycles. The Labute approximate surface area is 148 Å². The summed E-state index contributed by atoms with van der Waals surface area (Å²) in [7, 11) is 0. The minimum absolute atomic E-state index is 0.0141. The molecule has 3 heterocycles. The lowest BCUT2D eigenvalue weighted by atomic mass is 10.1. The van der Waals surface area contributed by atoms with E-state index < -0.39 is 0 Å². The number of hydrogen-bond donors (Lipinski definition) is 1. The number of nitrogens with zero attached hydrogens (tertiary/aromatic N) is 5. The molecule has 2 aliphatic heterocycles. The second-order valence-electron chi connectivity index (χ2n) is 6.61. The fourth-order valence-corrected chi connectivity index (χ4v) is 3.38. The molecule has 0 spiro atoms. The highest BCUT2D eigenvalue weighted by molar-refractivity contribution is 5.75. The Morgan fingerprint density at radius 2 is 1.64 bits per heavy atom. The monoisotopic (exact) mass is 346 g/mol. The van der Waals surface area contributed by atoms with Crippen molar-refractivity contribution in [3.05, 3.63) is 18.5 Å². The zero-order valence-electron chi connectivity index (χ0n) is 14.7. The van der Waals surface area contributed by atoms with Crippen LogP contribution in [0.15, 0.2) is 18.5 Å². The van der Waals surface area contributed by atoms with Crippen LogP contribution in [0.2, 0.25) is 0 Å². The van der Waals surface area contributed by atoms with Crippen molar-refractivity contribution in [1.29, 1.82) is 0 Å². The molecular weight excluding hydrogens is 320 g/mol. The second kappa shape index (κ2) is 8.13. The molecule has 1 aromatic rings. The van der Waals surface area contributed by atoms with Crippen molar-refractivity contribution in [2.45, 2.75) is 32.2 Å². The number of urea groups is 1. The first kappa shape index (κ1) is 17.4. The highest BCUT2D eigenvalue weighted by Gasteiger charge is 2.25. The van der Waals surface area contributed by atoms with Crippen LogP contribution in [0, 0.1) is 0 Å². The first-order valence-corrected chi connectivity index (χ1v) is 8.96. The van der Waals surface area contributed by atoms with E-state index in [1.54, 1.807) is 19.3 Å². The molecule has 2 aliphatic rings. The molecule has 136 valence electrons. The number of carbonyl (C=O) groups is 2. The molecule has 8 heteroatoms. The highest BCUT2D eigenvalue weighted by Crippen LogP contribution is 2.15. The Kier molecular flexibility index (Phi) is 5.67. The lowest BCUT2D eigenvalue weighted by Gasteiger charge is -2.33. The molecule has 0 bridgehead atoms. The van der Waals surface area contributed by atoms with E-state index in [0.29, 0.717) is 19.6 Å². The molecule has 3 rings (SSSR count). The zero-order chi connectivity index (χ0) is 17.6. The van der Waals surface area contributed by atoms with E-state index in [1.807, 2.05) is 15.9 Å². The van der Waals surface area contributed by atoms with Crippen molar-refractivity contribution in [2.24, 2.45) is 0 Å². The normalized spacial score (nSPS) is 19.5. The van der Waals surface area contributed by atoms with Gasteiger partial charge in [0.05, 0.1) is 0 Å². The van der Waals surface area contributed by atoms with Crippen molar-refractivity contribution in [2.75, 3.05) is 44.2 Å². The second-order valence-corrected chi connectivity index (χ2v) is 6.61. The van der Waals surface area contributed by atoms with Gasteiger partial charge in [-0.2, -0.15) is 0 Å². The quantitative estimate of drug-likeness (QED) is 0.853. The van der Waals surface area contributed by atoms with Crippen molar-refractivity contribution < 1.29 is 9.59 Å². The molecule has 0 radical (unpaired) electrons. The van der Waals surface area contributed by atoms with Crippen molar-refractivity contribution in [1.82, 2.24) is 25.1 Å². The number of hydrogen-bond acceptors (Lipinski definition) is 5. The van der Waals surface area contributed by atoms with Crippen LogP contribution in [0.4, 0.5) is 10.7 Å². The maximum atomic E-state index is 12.5. The third-order valence-electron chi connectivity index (χ3n) is 4.89. The summed E-state index contributed by atoms with van der Waals surface area (Å²) in [5.41, 5.74) is 0. The van der Waals surface area contributed by atoms with Crippen LogP contribution >= 0.6 is 0 Å². The Balaban J connectivity index is 1.45. The van der Waals surface area contributed by atoms with E-state index in [2.05, 4.69) is 20.2 Å². The van der Waals surface area contributed by atoms with Gasteiger partial charge in [0.1, 0.15) is 0 Å². The van der Waals surface area contributed by atoms with Crippen molar-refractivity contribution >= 4 is 17.9 Å². The number of anilines is 1. The molecule has 2 saturated heterocycles. The number of nitrogens with one attached hydrogen (secondary N) is 1. The smallest absolute Gasteiger partial charge is 0.317 e. The first-order chi connectivity index (χ1) is 12.1. The Bertz CT molecular complexity index is 588. The van der Waals surface area contributed by atoms with Crippen LogP contribution in [-0.2, 0) is 4.79 Å². The predicted molar refractivity (Wildman–Crippen MR) is 94.2 cm³/mol. The topological polar surface area (TPSA) is 81.7 Å². The largest absolute Gasteiger partial charge is 0.341 e. The van der Waals surface area contributed by atoms with Crippen LogP contribution in [0.5, 0.6) is 0 Å². The average molecular weight is 346 g/mol. The standard InChI is InChI=1S/C17H26N6O2/c1-14(24)21-8-3-9-23(13-12-21)17(25)20-15-4-10-22(11-5-15)16-18-6-2-7-19-16/h2,6-7,15H,3-5,8-13H2,1H3,(H,20,25). The van der Waals surface area contributed by atoms with E-state index in [1.165, 1.54) is 0 Å². The third-order valence-corrected chi connectivity index (χ3v) is 4.89. The lowest BCUT2D eigenvalue weighted by molar-refractivity contribution is -0.128. The molecule has 0 aromatic carbocycles. The summed E-state index contributed by atoms with van der Waals surface area (Å²) in [5, 5.41) is 3.15. The van der Waals surface area contributed by atoms with Crippen molar-refractivity contribution in [3.63, 3.8) is 0 Å². The molecule has 0 saturated carbocycles. The maximum absolute atomic E-state index is 12.5. The zero-order valence-corrected chi connectivity index (χ0v) is 14.7. The number of aromatic nitrogens is 2. The number of rotatable bonds is 2. The molecule has 25 heavy (non-hydrogen) atoms. The summed E-state index contributed by atoms with van der Waals surface area (Å²) in [6.07, 6.45) is 6.10. The summed E-state index contributed by atoms with van der Waals surface area (Å²) in [6, 6.07) is 1.98. The lowest BCUT2D eigenvalue weighted by Crippen LogP contribution is -2.50. The van der Waals surface area contributed by atoms with Crippen LogP contribution in [0.25, 0.3) is 0 Å². The van der Waals surface area contributed by atoms with Gasteiger partial charge < -0.3 is 20.0 Å². The minimum atomic E-state index is -0.0141. The van der Waals surface area contributed by atoms with E-state index >= 15 is 0 Å². The molecule has 3 amide bonds. The fraction of sp³-hybridized carbons (Fsp3) is 0.647.